The first-order chi connectivity index (χ1) is 14.8. The molecule has 2 aromatic carbocycles. The standard InChI is InChI=1S/C22H25N5O3/c1-28-14-12-26(13-15-29-2)22-19-7-5-4-6-18(19)21-24-23-20(27(21)25-22)16-8-10-17(30-3)11-9-16/h4-11H,12-15H2,1-3H3. The molecule has 0 aliphatic heterocycles. The highest BCUT2D eigenvalue weighted by atomic mass is 16.5. The normalized spacial score (nSPS) is 11.3. The molecule has 0 N–H and O–H groups in total. The lowest BCUT2D eigenvalue weighted by Crippen LogP contribution is -2.32. The van der Waals surface area contributed by atoms with Crippen LogP contribution in [0.3, 0.4) is 0 Å². The Labute approximate surface area is 175 Å². The van der Waals surface area contributed by atoms with Gasteiger partial charge in [-0.05, 0) is 24.3 Å². The fourth-order valence-corrected chi connectivity index (χ4v) is 3.44. The van der Waals surface area contributed by atoms with E-state index in [-0.39, 0.29) is 0 Å². The molecule has 0 aliphatic rings. The molecule has 4 aromatic rings. The van der Waals surface area contributed by atoms with E-state index in [1.54, 1.807) is 21.3 Å². The highest BCUT2D eigenvalue weighted by molar-refractivity contribution is 6.00. The van der Waals surface area contributed by atoms with Crippen LogP contribution >= 0.6 is 0 Å². The maximum atomic E-state index is 5.32. The summed E-state index contributed by atoms with van der Waals surface area (Å²) in [4.78, 5) is 2.17. The molecule has 8 nitrogen and oxygen atoms in total. The SMILES string of the molecule is COCCN(CCOC)c1nn2c(-c3ccc(OC)cc3)nnc2c2ccccc12. The molecule has 0 aliphatic carbocycles. The molecule has 30 heavy (non-hydrogen) atoms. The van der Waals surface area contributed by atoms with Crippen LogP contribution in [0.15, 0.2) is 48.5 Å². The number of rotatable bonds is 9. The Kier molecular flexibility index (Phi) is 6.06. The van der Waals surface area contributed by atoms with Crippen molar-refractivity contribution in [2.45, 2.75) is 0 Å². The summed E-state index contributed by atoms with van der Waals surface area (Å²) >= 11 is 0. The monoisotopic (exact) mass is 407 g/mol. The molecule has 4 rings (SSSR count). The van der Waals surface area contributed by atoms with Gasteiger partial charge in [-0.3, -0.25) is 0 Å². The van der Waals surface area contributed by atoms with E-state index in [1.165, 1.54) is 0 Å². The first-order valence-corrected chi connectivity index (χ1v) is 9.78. The molecule has 2 heterocycles. The molecule has 156 valence electrons. The van der Waals surface area contributed by atoms with Crippen LogP contribution in [0.1, 0.15) is 0 Å². The zero-order chi connectivity index (χ0) is 20.9. The van der Waals surface area contributed by atoms with Crippen LogP contribution < -0.4 is 9.64 Å². The van der Waals surface area contributed by atoms with Gasteiger partial charge in [-0.15, -0.1) is 15.3 Å². The van der Waals surface area contributed by atoms with Gasteiger partial charge in [0.15, 0.2) is 17.3 Å². The van der Waals surface area contributed by atoms with Crippen molar-refractivity contribution < 1.29 is 14.2 Å². The highest BCUT2D eigenvalue weighted by Crippen LogP contribution is 2.30. The second-order valence-corrected chi connectivity index (χ2v) is 6.83. The fourth-order valence-electron chi connectivity index (χ4n) is 3.44. The van der Waals surface area contributed by atoms with Crippen molar-refractivity contribution in [1.29, 1.82) is 0 Å². The van der Waals surface area contributed by atoms with E-state index < -0.39 is 0 Å². The quantitative estimate of drug-likeness (QED) is 0.422. The van der Waals surface area contributed by atoms with Gasteiger partial charge in [-0.1, -0.05) is 24.3 Å². The summed E-state index contributed by atoms with van der Waals surface area (Å²) < 4.78 is 17.7. The lowest BCUT2D eigenvalue weighted by molar-refractivity contribution is 0.190. The van der Waals surface area contributed by atoms with Gasteiger partial charge in [0.05, 0.1) is 20.3 Å². The summed E-state index contributed by atoms with van der Waals surface area (Å²) in [5.74, 6) is 2.32. The van der Waals surface area contributed by atoms with E-state index >= 15 is 0 Å². The number of benzene rings is 2. The summed E-state index contributed by atoms with van der Waals surface area (Å²) in [6, 6.07) is 15.8. The van der Waals surface area contributed by atoms with Gasteiger partial charge in [-0.2, -0.15) is 4.52 Å². The third-order valence-electron chi connectivity index (χ3n) is 5.02. The third kappa shape index (κ3) is 3.79. The Morgan fingerprint density at radius 3 is 2.13 bits per heavy atom. The Bertz CT molecular complexity index is 1120. The Balaban J connectivity index is 1.89. The molecule has 0 fully saturated rings. The van der Waals surface area contributed by atoms with Crippen LogP contribution in [-0.4, -0.2) is 67.4 Å². The van der Waals surface area contributed by atoms with E-state index in [4.69, 9.17) is 19.3 Å². The largest absolute Gasteiger partial charge is 0.497 e. The highest BCUT2D eigenvalue weighted by Gasteiger charge is 2.19. The maximum Gasteiger partial charge on any atom is 0.186 e. The molecular formula is C22H25N5O3. The number of hydrogen-bond acceptors (Lipinski definition) is 7. The number of aromatic nitrogens is 4. The van der Waals surface area contributed by atoms with Crippen molar-refractivity contribution in [3.63, 3.8) is 0 Å². The predicted molar refractivity (Wildman–Crippen MR) is 116 cm³/mol. The third-order valence-corrected chi connectivity index (χ3v) is 5.02. The summed E-state index contributed by atoms with van der Waals surface area (Å²) in [5.41, 5.74) is 1.64. The van der Waals surface area contributed by atoms with Crippen LogP contribution in [0.2, 0.25) is 0 Å². The smallest absolute Gasteiger partial charge is 0.186 e. The minimum absolute atomic E-state index is 0.589. The summed E-state index contributed by atoms with van der Waals surface area (Å²) in [7, 11) is 5.05. The van der Waals surface area contributed by atoms with Gasteiger partial charge in [0.1, 0.15) is 5.75 Å². The van der Waals surface area contributed by atoms with Gasteiger partial charge in [0.25, 0.3) is 0 Å². The van der Waals surface area contributed by atoms with Crippen molar-refractivity contribution in [3.05, 3.63) is 48.5 Å². The second kappa shape index (κ2) is 9.06. The molecule has 0 atom stereocenters. The van der Waals surface area contributed by atoms with Crippen LogP contribution in [0, 0.1) is 0 Å². The van der Waals surface area contributed by atoms with Crippen LogP contribution in [0.4, 0.5) is 5.82 Å². The van der Waals surface area contributed by atoms with Gasteiger partial charge in [0, 0.05) is 43.6 Å². The minimum Gasteiger partial charge on any atom is -0.497 e. The molecule has 0 amide bonds. The number of ether oxygens (including phenoxy) is 3. The van der Waals surface area contributed by atoms with E-state index in [0.29, 0.717) is 32.1 Å². The van der Waals surface area contributed by atoms with Crippen molar-refractivity contribution in [2.75, 3.05) is 52.5 Å². The van der Waals surface area contributed by atoms with Gasteiger partial charge in [-0.25, -0.2) is 0 Å². The minimum atomic E-state index is 0.589. The topological polar surface area (TPSA) is 74.0 Å². The summed E-state index contributed by atoms with van der Waals surface area (Å²) in [5, 5.41) is 15.9. The van der Waals surface area contributed by atoms with Crippen LogP contribution in [0.25, 0.3) is 27.8 Å². The Morgan fingerprint density at radius 2 is 1.50 bits per heavy atom. The summed E-state index contributed by atoms with van der Waals surface area (Å²) in [6.45, 7) is 2.57. The molecule has 2 aromatic heterocycles. The number of hydrogen-bond donors (Lipinski definition) is 0. The van der Waals surface area contributed by atoms with Crippen molar-refractivity contribution >= 4 is 22.2 Å². The zero-order valence-electron chi connectivity index (χ0n) is 17.4. The van der Waals surface area contributed by atoms with Crippen LogP contribution in [-0.2, 0) is 9.47 Å². The first kappa shape index (κ1) is 20.1. The Hall–Kier alpha value is -3.23. The van der Waals surface area contributed by atoms with E-state index in [1.807, 2.05) is 47.0 Å². The van der Waals surface area contributed by atoms with E-state index in [0.717, 1.165) is 33.6 Å². The van der Waals surface area contributed by atoms with Gasteiger partial charge < -0.3 is 19.1 Å². The number of anilines is 1. The molecule has 8 heteroatoms. The van der Waals surface area contributed by atoms with Crippen LogP contribution in [0.5, 0.6) is 5.75 Å². The zero-order valence-corrected chi connectivity index (χ0v) is 17.4. The lowest BCUT2D eigenvalue weighted by atomic mass is 10.1. The number of fused-ring (bicyclic) bond motifs is 3. The summed E-state index contributed by atoms with van der Waals surface area (Å²) in [6.07, 6.45) is 0. The number of nitrogens with zero attached hydrogens (tertiary/aromatic N) is 5. The fraction of sp³-hybridized carbons (Fsp3) is 0.318. The molecule has 0 saturated carbocycles. The van der Waals surface area contributed by atoms with Crippen molar-refractivity contribution in [2.24, 2.45) is 0 Å². The van der Waals surface area contributed by atoms with Crippen molar-refractivity contribution in [1.82, 2.24) is 19.8 Å². The molecule has 0 bridgehead atoms. The molecule has 0 radical (unpaired) electrons. The molecule has 0 spiro atoms. The Morgan fingerprint density at radius 1 is 0.833 bits per heavy atom. The molecular weight excluding hydrogens is 382 g/mol. The average Bonchev–Trinajstić information content (AvgIpc) is 3.23. The first-order valence-electron chi connectivity index (χ1n) is 9.78. The van der Waals surface area contributed by atoms with Crippen molar-refractivity contribution in [3.8, 4) is 17.1 Å². The predicted octanol–water partition coefficient (Wildman–Crippen LogP) is 3.05. The maximum absolute atomic E-state index is 5.32. The van der Waals surface area contributed by atoms with Gasteiger partial charge >= 0.3 is 0 Å². The second-order valence-electron chi connectivity index (χ2n) is 6.83. The lowest BCUT2D eigenvalue weighted by Gasteiger charge is -2.24. The van der Waals surface area contributed by atoms with E-state index in [2.05, 4.69) is 21.2 Å². The van der Waals surface area contributed by atoms with E-state index in [9.17, 15) is 0 Å². The molecule has 0 unspecified atom stereocenters. The average molecular weight is 407 g/mol. The van der Waals surface area contributed by atoms with Gasteiger partial charge in [0.2, 0.25) is 0 Å². The molecule has 0 saturated heterocycles. The number of methoxy groups -OCH3 is 3.